The molecular weight excluding hydrogens is 360 g/mol. The summed E-state index contributed by atoms with van der Waals surface area (Å²) < 4.78 is 5.18. The van der Waals surface area contributed by atoms with Crippen LogP contribution in [0.5, 0.6) is 0 Å². The van der Waals surface area contributed by atoms with E-state index in [1.54, 1.807) is 24.3 Å². The summed E-state index contributed by atoms with van der Waals surface area (Å²) in [5.74, 6) is -0.452. The molecule has 0 bridgehead atoms. The Kier molecular flexibility index (Phi) is 8.84. The minimum absolute atomic E-state index is 0.0183. The normalized spacial score (nSPS) is 11.5. The monoisotopic (exact) mass is 386 g/mol. The van der Waals surface area contributed by atoms with Gasteiger partial charge in [0.25, 0.3) is 0 Å². The van der Waals surface area contributed by atoms with Crippen molar-refractivity contribution in [1.29, 1.82) is 0 Å². The predicted molar refractivity (Wildman–Crippen MR) is 105 cm³/mol. The number of hydrogen-bond acceptors (Lipinski definition) is 6. The summed E-state index contributed by atoms with van der Waals surface area (Å²) >= 11 is 0. The van der Waals surface area contributed by atoms with Crippen molar-refractivity contribution in [3.8, 4) is 0 Å². The van der Waals surface area contributed by atoms with Gasteiger partial charge in [-0.1, -0.05) is 48.5 Å². The van der Waals surface area contributed by atoms with Crippen LogP contribution in [0.1, 0.15) is 28.7 Å². The maximum Gasteiger partial charge on any atom is 0.330 e. The second-order valence-electron chi connectivity index (χ2n) is 6.49. The van der Waals surface area contributed by atoms with Gasteiger partial charge in [0.1, 0.15) is 0 Å². The van der Waals surface area contributed by atoms with Crippen LogP contribution in [-0.4, -0.2) is 45.6 Å². The predicted octanol–water partition coefficient (Wildman–Crippen LogP) is 1.58. The van der Waals surface area contributed by atoms with E-state index in [1.165, 1.54) is 11.6 Å². The fraction of sp³-hybridized carbons (Fsp3) is 0.318. The second-order valence-corrected chi connectivity index (χ2v) is 6.49. The summed E-state index contributed by atoms with van der Waals surface area (Å²) in [6.45, 7) is 0.327. The standard InChI is InChI=1S/C22H26O6/c23-20(24)14-18-10-8-17(13-19(18)15-21(25)26)9-11-22(27)28-12-4-7-16-5-2-1-3-6-16/h1-3,5-6,8-11,13,20-21,23-26H,4,7,12,14-15H2/b11-9+. The average Bonchev–Trinajstić information content (AvgIpc) is 2.65. The quantitative estimate of drug-likeness (QED) is 0.214. The Bertz CT molecular complexity index is 768. The van der Waals surface area contributed by atoms with Gasteiger partial charge in [0, 0.05) is 18.9 Å². The molecule has 0 amide bonds. The van der Waals surface area contributed by atoms with E-state index in [-0.39, 0.29) is 12.8 Å². The molecule has 0 fully saturated rings. The van der Waals surface area contributed by atoms with Crippen molar-refractivity contribution in [1.82, 2.24) is 0 Å². The van der Waals surface area contributed by atoms with Crippen molar-refractivity contribution in [2.24, 2.45) is 0 Å². The minimum Gasteiger partial charge on any atom is -0.463 e. The highest BCUT2D eigenvalue weighted by molar-refractivity contribution is 5.87. The molecule has 0 heterocycles. The molecule has 0 radical (unpaired) electrons. The molecular formula is C22H26O6. The second kappa shape index (κ2) is 11.4. The average molecular weight is 386 g/mol. The van der Waals surface area contributed by atoms with Crippen LogP contribution in [0, 0.1) is 0 Å². The number of benzene rings is 2. The van der Waals surface area contributed by atoms with E-state index < -0.39 is 18.5 Å². The highest BCUT2D eigenvalue weighted by atomic mass is 16.5. The molecule has 0 saturated carbocycles. The van der Waals surface area contributed by atoms with Gasteiger partial charge in [-0.25, -0.2) is 4.79 Å². The SMILES string of the molecule is O=C(/C=C/c1ccc(CC(O)O)c(CC(O)O)c1)OCCCc1ccccc1. The van der Waals surface area contributed by atoms with Gasteiger partial charge in [-0.2, -0.15) is 0 Å². The molecule has 6 nitrogen and oxygen atoms in total. The summed E-state index contributed by atoms with van der Waals surface area (Å²) in [4.78, 5) is 11.8. The first-order valence-corrected chi connectivity index (χ1v) is 9.17. The molecule has 0 aromatic heterocycles. The van der Waals surface area contributed by atoms with E-state index in [2.05, 4.69) is 0 Å². The molecule has 0 spiro atoms. The molecule has 4 N–H and O–H groups in total. The lowest BCUT2D eigenvalue weighted by Crippen LogP contribution is -2.14. The lowest BCUT2D eigenvalue weighted by molar-refractivity contribution is -0.137. The number of esters is 1. The van der Waals surface area contributed by atoms with E-state index in [1.807, 2.05) is 30.3 Å². The van der Waals surface area contributed by atoms with Crippen LogP contribution in [0.3, 0.4) is 0 Å². The Labute approximate surface area is 164 Å². The molecule has 0 aliphatic rings. The Morgan fingerprint density at radius 1 is 0.929 bits per heavy atom. The number of aliphatic hydroxyl groups excluding tert-OH is 2. The first-order valence-electron chi connectivity index (χ1n) is 9.17. The van der Waals surface area contributed by atoms with Gasteiger partial charge in [-0.15, -0.1) is 0 Å². The maximum absolute atomic E-state index is 11.8. The molecule has 2 rings (SSSR count). The number of rotatable bonds is 10. The van der Waals surface area contributed by atoms with Crippen LogP contribution in [0.15, 0.2) is 54.6 Å². The maximum atomic E-state index is 11.8. The van der Waals surface area contributed by atoms with E-state index in [0.29, 0.717) is 23.3 Å². The van der Waals surface area contributed by atoms with Crippen molar-refractivity contribution >= 4 is 12.0 Å². The topological polar surface area (TPSA) is 107 Å². The van der Waals surface area contributed by atoms with Crippen molar-refractivity contribution < 1.29 is 30.0 Å². The lowest BCUT2D eigenvalue weighted by atomic mass is 9.98. The summed E-state index contributed by atoms with van der Waals surface area (Å²) in [5.41, 5.74) is 3.04. The fourth-order valence-corrected chi connectivity index (χ4v) is 2.84. The van der Waals surface area contributed by atoms with Gasteiger partial charge in [0.15, 0.2) is 12.6 Å². The summed E-state index contributed by atoms with van der Waals surface area (Å²) in [6.07, 6.45) is 1.32. The van der Waals surface area contributed by atoms with Crippen molar-refractivity contribution in [2.45, 2.75) is 38.3 Å². The van der Waals surface area contributed by atoms with Crippen molar-refractivity contribution in [3.63, 3.8) is 0 Å². The van der Waals surface area contributed by atoms with Crippen LogP contribution in [-0.2, 0) is 28.8 Å². The summed E-state index contributed by atoms with van der Waals surface area (Å²) in [5, 5.41) is 36.7. The van der Waals surface area contributed by atoms with E-state index >= 15 is 0 Å². The Balaban J connectivity index is 1.88. The Morgan fingerprint density at radius 2 is 1.61 bits per heavy atom. The largest absolute Gasteiger partial charge is 0.463 e. The number of carbonyl (C=O) groups excluding carboxylic acids is 1. The zero-order valence-electron chi connectivity index (χ0n) is 15.6. The molecule has 0 unspecified atom stereocenters. The van der Waals surface area contributed by atoms with Gasteiger partial charge in [0.05, 0.1) is 6.61 Å². The molecule has 0 aliphatic heterocycles. The fourth-order valence-electron chi connectivity index (χ4n) is 2.84. The summed E-state index contributed by atoms with van der Waals surface area (Å²) in [6, 6.07) is 15.0. The van der Waals surface area contributed by atoms with Gasteiger partial charge in [-0.05, 0) is 41.2 Å². The third kappa shape index (κ3) is 8.02. The zero-order valence-corrected chi connectivity index (χ0v) is 15.6. The van der Waals surface area contributed by atoms with Gasteiger partial charge < -0.3 is 25.2 Å². The zero-order chi connectivity index (χ0) is 20.4. The van der Waals surface area contributed by atoms with E-state index in [0.717, 1.165) is 12.8 Å². The van der Waals surface area contributed by atoms with Crippen LogP contribution < -0.4 is 0 Å². The highest BCUT2D eigenvalue weighted by Crippen LogP contribution is 2.17. The first kappa shape index (κ1) is 21.8. The molecule has 0 aliphatic carbocycles. The number of aliphatic hydroxyl groups is 4. The smallest absolute Gasteiger partial charge is 0.330 e. The van der Waals surface area contributed by atoms with Crippen LogP contribution in [0.4, 0.5) is 0 Å². The van der Waals surface area contributed by atoms with Crippen molar-refractivity contribution in [2.75, 3.05) is 6.61 Å². The van der Waals surface area contributed by atoms with E-state index in [4.69, 9.17) is 14.9 Å². The molecule has 0 saturated heterocycles. The molecule has 0 atom stereocenters. The van der Waals surface area contributed by atoms with Crippen molar-refractivity contribution in [3.05, 3.63) is 76.9 Å². The Morgan fingerprint density at radius 3 is 2.29 bits per heavy atom. The lowest BCUT2D eigenvalue weighted by Gasteiger charge is -2.13. The van der Waals surface area contributed by atoms with Gasteiger partial charge in [-0.3, -0.25) is 0 Å². The molecule has 150 valence electrons. The minimum atomic E-state index is -1.55. The molecule has 2 aromatic rings. The summed E-state index contributed by atoms with van der Waals surface area (Å²) in [7, 11) is 0. The number of aryl methyl sites for hydroxylation is 1. The number of ether oxygens (including phenoxy) is 1. The Hall–Kier alpha value is -2.51. The molecule has 28 heavy (non-hydrogen) atoms. The first-order chi connectivity index (χ1) is 13.4. The van der Waals surface area contributed by atoms with Crippen LogP contribution in [0.2, 0.25) is 0 Å². The number of hydrogen-bond donors (Lipinski definition) is 4. The molecule has 2 aromatic carbocycles. The van der Waals surface area contributed by atoms with Crippen LogP contribution >= 0.6 is 0 Å². The van der Waals surface area contributed by atoms with E-state index in [9.17, 15) is 15.0 Å². The number of carbonyl (C=O) groups is 1. The molecule has 6 heteroatoms. The van der Waals surface area contributed by atoms with Crippen LogP contribution in [0.25, 0.3) is 6.08 Å². The van der Waals surface area contributed by atoms with Gasteiger partial charge in [0.2, 0.25) is 0 Å². The van der Waals surface area contributed by atoms with Gasteiger partial charge >= 0.3 is 5.97 Å². The third-order valence-corrected chi connectivity index (χ3v) is 4.14. The highest BCUT2D eigenvalue weighted by Gasteiger charge is 2.10. The third-order valence-electron chi connectivity index (χ3n) is 4.14.